The van der Waals surface area contributed by atoms with Gasteiger partial charge in [-0.05, 0) is 26.0 Å². The third-order valence-corrected chi connectivity index (χ3v) is 3.03. The smallest absolute Gasteiger partial charge is 0.135 e. The van der Waals surface area contributed by atoms with E-state index in [1.165, 1.54) is 0 Å². The number of nitrogens with two attached hydrogens (primary N) is 1. The fourth-order valence-corrected chi connectivity index (χ4v) is 1.99. The lowest BCUT2D eigenvalue weighted by Crippen LogP contribution is -1.97. The summed E-state index contributed by atoms with van der Waals surface area (Å²) in [5, 5.41) is 7.09. The molecule has 0 radical (unpaired) electrons. The molecule has 0 unspecified atom stereocenters. The normalized spacial score (nSPS) is 10.4. The van der Waals surface area contributed by atoms with E-state index in [1.54, 1.807) is 14.2 Å². The van der Waals surface area contributed by atoms with E-state index in [4.69, 9.17) is 15.2 Å². The zero-order valence-electron chi connectivity index (χ0n) is 11.0. The summed E-state index contributed by atoms with van der Waals surface area (Å²) >= 11 is 0. The zero-order chi connectivity index (χ0) is 13.3. The highest BCUT2D eigenvalue weighted by atomic mass is 16.5. The lowest BCUT2D eigenvalue weighted by Gasteiger charge is -2.13. The predicted octanol–water partition coefficient (Wildman–Crippen LogP) is 2.29. The van der Waals surface area contributed by atoms with E-state index in [0.717, 1.165) is 28.3 Å². The van der Waals surface area contributed by atoms with Gasteiger partial charge in [-0.25, -0.2) is 0 Å². The standard InChI is InChI=1S/C13H17N3O2/c1-7-10(17-3)6-5-9(13(7)18-4)12-11(14)8(2)15-16-12/h5-6H,14H2,1-4H3,(H,15,16). The summed E-state index contributed by atoms with van der Waals surface area (Å²) in [5.74, 6) is 1.51. The maximum atomic E-state index is 6.00. The Kier molecular flexibility index (Phi) is 3.14. The van der Waals surface area contributed by atoms with Crippen molar-refractivity contribution in [2.45, 2.75) is 13.8 Å². The minimum atomic E-state index is 0.637. The van der Waals surface area contributed by atoms with Crippen molar-refractivity contribution in [1.82, 2.24) is 10.2 Å². The highest BCUT2D eigenvalue weighted by molar-refractivity contribution is 5.80. The van der Waals surface area contributed by atoms with Gasteiger partial charge in [0.1, 0.15) is 17.2 Å². The summed E-state index contributed by atoms with van der Waals surface area (Å²) in [6.07, 6.45) is 0. The molecule has 0 atom stereocenters. The highest BCUT2D eigenvalue weighted by Gasteiger charge is 2.17. The number of H-pyrrole nitrogens is 1. The van der Waals surface area contributed by atoms with E-state index in [2.05, 4.69) is 10.2 Å². The first-order valence-electron chi connectivity index (χ1n) is 5.62. The number of anilines is 1. The Bertz CT molecular complexity index is 576. The summed E-state index contributed by atoms with van der Waals surface area (Å²) in [4.78, 5) is 0. The number of benzene rings is 1. The van der Waals surface area contributed by atoms with Gasteiger partial charge in [0.15, 0.2) is 0 Å². The number of methoxy groups -OCH3 is 2. The van der Waals surface area contributed by atoms with Crippen LogP contribution in [0.3, 0.4) is 0 Å². The van der Waals surface area contributed by atoms with Crippen LogP contribution >= 0.6 is 0 Å². The first-order chi connectivity index (χ1) is 8.60. The van der Waals surface area contributed by atoms with Crippen LogP contribution in [0.1, 0.15) is 11.3 Å². The SMILES string of the molecule is COc1ccc(-c2n[nH]c(C)c2N)c(OC)c1C. The van der Waals surface area contributed by atoms with Gasteiger partial charge in [-0.15, -0.1) is 0 Å². The topological polar surface area (TPSA) is 73.2 Å². The van der Waals surface area contributed by atoms with E-state index in [9.17, 15) is 0 Å². The van der Waals surface area contributed by atoms with Crippen LogP contribution in [0.5, 0.6) is 11.5 Å². The highest BCUT2D eigenvalue weighted by Crippen LogP contribution is 2.39. The number of aromatic amines is 1. The molecule has 1 aromatic carbocycles. The number of aromatic nitrogens is 2. The number of nitrogen functional groups attached to an aromatic ring is 1. The van der Waals surface area contributed by atoms with E-state index in [0.29, 0.717) is 11.4 Å². The Balaban J connectivity index is 2.65. The molecule has 2 rings (SSSR count). The van der Waals surface area contributed by atoms with Gasteiger partial charge >= 0.3 is 0 Å². The lowest BCUT2D eigenvalue weighted by molar-refractivity contribution is 0.390. The number of nitrogens with zero attached hydrogens (tertiary/aromatic N) is 1. The van der Waals surface area contributed by atoms with Crippen molar-refractivity contribution in [3.8, 4) is 22.8 Å². The summed E-state index contributed by atoms with van der Waals surface area (Å²) in [6.45, 7) is 3.82. The Morgan fingerprint density at radius 2 is 1.89 bits per heavy atom. The third kappa shape index (κ3) is 1.77. The monoisotopic (exact) mass is 247 g/mol. The molecule has 18 heavy (non-hydrogen) atoms. The van der Waals surface area contributed by atoms with Crippen LogP contribution in [-0.4, -0.2) is 24.4 Å². The van der Waals surface area contributed by atoms with Crippen molar-refractivity contribution in [2.24, 2.45) is 0 Å². The molecule has 0 aliphatic carbocycles. The Morgan fingerprint density at radius 1 is 1.17 bits per heavy atom. The number of aryl methyl sites for hydroxylation is 1. The molecule has 0 fully saturated rings. The summed E-state index contributed by atoms with van der Waals surface area (Å²) in [6, 6.07) is 3.78. The van der Waals surface area contributed by atoms with Crippen molar-refractivity contribution in [1.29, 1.82) is 0 Å². The van der Waals surface area contributed by atoms with Crippen LogP contribution in [0, 0.1) is 13.8 Å². The molecule has 0 aliphatic rings. The second-order valence-electron chi connectivity index (χ2n) is 4.08. The predicted molar refractivity (Wildman–Crippen MR) is 71.0 cm³/mol. The van der Waals surface area contributed by atoms with Crippen LogP contribution in [0.25, 0.3) is 11.3 Å². The van der Waals surface area contributed by atoms with Crippen LogP contribution in [0.15, 0.2) is 12.1 Å². The Labute approximate surface area is 106 Å². The Morgan fingerprint density at radius 3 is 2.39 bits per heavy atom. The molecule has 5 nitrogen and oxygen atoms in total. The zero-order valence-corrected chi connectivity index (χ0v) is 11.0. The van der Waals surface area contributed by atoms with Gasteiger partial charge in [0.25, 0.3) is 0 Å². The lowest BCUT2D eigenvalue weighted by atomic mass is 10.0. The van der Waals surface area contributed by atoms with Gasteiger partial charge in [-0.1, -0.05) is 0 Å². The first-order valence-corrected chi connectivity index (χ1v) is 5.62. The number of hydrogen-bond acceptors (Lipinski definition) is 4. The number of hydrogen-bond donors (Lipinski definition) is 2. The molecule has 0 saturated heterocycles. The second-order valence-corrected chi connectivity index (χ2v) is 4.08. The average Bonchev–Trinajstić information content (AvgIpc) is 2.69. The van der Waals surface area contributed by atoms with E-state index in [1.807, 2.05) is 26.0 Å². The molecule has 5 heteroatoms. The Hall–Kier alpha value is -2.17. The van der Waals surface area contributed by atoms with Crippen molar-refractivity contribution in [2.75, 3.05) is 20.0 Å². The molecular formula is C13H17N3O2. The van der Waals surface area contributed by atoms with Gasteiger partial charge in [0.2, 0.25) is 0 Å². The molecule has 96 valence electrons. The quantitative estimate of drug-likeness (QED) is 0.872. The average molecular weight is 247 g/mol. The minimum Gasteiger partial charge on any atom is -0.496 e. The molecule has 3 N–H and O–H groups in total. The van der Waals surface area contributed by atoms with Crippen LogP contribution in [0.4, 0.5) is 5.69 Å². The molecule has 1 heterocycles. The van der Waals surface area contributed by atoms with E-state index >= 15 is 0 Å². The largest absolute Gasteiger partial charge is 0.496 e. The molecule has 0 amide bonds. The second kappa shape index (κ2) is 4.60. The van der Waals surface area contributed by atoms with Gasteiger partial charge in [0, 0.05) is 11.1 Å². The van der Waals surface area contributed by atoms with Crippen molar-refractivity contribution in [3.63, 3.8) is 0 Å². The molecule has 0 spiro atoms. The van der Waals surface area contributed by atoms with E-state index in [-0.39, 0.29) is 0 Å². The minimum absolute atomic E-state index is 0.637. The molecule has 0 bridgehead atoms. The van der Waals surface area contributed by atoms with Gasteiger partial charge < -0.3 is 15.2 Å². The fourth-order valence-electron chi connectivity index (χ4n) is 1.99. The van der Waals surface area contributed by atoms with Gasteiger partial charge in [-0.3, -0.25) is 5.10 Å². The molecule has 0 saturated carbocycles. The van der Waals surface area contributed by atoms with Gasteiger partial charge in [0.05, 0.1) is 25.6 Å². The van der Waals surface area contributed by atoms with Crippen molar-refractivity contribution >= 4 is 5.69 Å². The molecule has 0 aliphatic heterocycles. The van der Waals surface area contributed by atoms with Gasteiger partial charge in [-0.2, -0.15) is 5.10 Å². The van der Waals surface area contributed by atoms with Crippen molar-refractivity contribution in [3.05, 3.63) is 23.4 Å². The third-order valence-electron chi connectivity index (χ3n) is 3.03. The number of ether oxygens (including phenoxy) is 2. The first kappa shape index (κ1) is 12.3. The maximum absolute atomic E-state index is 6.00. The summed E-state index contributed by atoms with van der Waals surface area (Å²) in [5.41, 5.74) is 9.97. The van der Waals surface area contributed by atoms with Crippen LogP contribution < -0.4 is 15.2 Å². The number of nitrogens with one attached hydrogen (secondary N) is 1. The van der Waals surface area contributed by atoms with Crippen LogP contribution in [-0.2, 0) is 0 Å². The fraction of sp³-hybridized carbons (Fsp3) is 0.308. The molecular weight excluding hydrogens is 230 g/mol. The van der Waals surface area contributed by atoms with Crippen LogP contribution in [0.2, 0.25) is 0 Å². The molecule has 2 aromatic rings. The summed E-state index contributed by atoms with van der Waals surface area (Å²) < 4.78 is 10.7. The number of rotatable bonds is 3. The molecule has 1 aromatic heterocycles. The van der Waals surface area contributed by atoms with Crippen molar-refractivity contribution < 1.29 is 9.47 Å². The summed E-state index contributed by atoms with van der Waals surface area (Å²) in [7, 11) is 3.26. The van der Waals surface area contributed by atoms with E-state index < -0.39 is 0 Å². The maximum Gasteiger partial charge on any atom is 0.135 e.